The molecular weight excluding hydrogens is 623 g/mol. The van der Waals surface area contributed by atoms with E-state index in [1.54, 1.807) is 41.1 Å². The number of aryl methyl sites for hydroxylation is 2. The molecule has 0 aliphatic heterocycles. The van der Waals surface area contributed by atoms with Crippen LogP contribution in [0.1, 0.15) is 74.3 Å². The number of nitrogens with zero attached hydrogens (tertiary/aromatic N) is 3. The zero-order valence-corrected chi connectivity index (χ0v) is 30.0. The summed E-state index contributed by atoms with van der Waals surface area (Å²) in [5.74, 6) is 0.184. The lowest BCUT2D eigenvalue weighted by Gasteiger charge is -2.16. The quantitative estimate of drug-likeness (QED) is 0.0933. The predicted octanol–water partition coefficient (Wildman–Crippen LogP) is 6.22. The molecule has 1 aromatic heterocycles. The lowest BCUT2D eigenvalue weighted by molar-refractivity contribution is -0.135. The number of hydrogen-bond acceptors (Lipinski definition) is 8. The smallest absolute Gasteiger partial charge is 0.325 e. The number of aromatic nitrogens is 1. The van der Waals surface area contributed by atoms with E-state index in [-0.39, 0.29) is 24.3 Å². The summed E-state index contributed by atoms with van der Waals surface area (Å²) in [5.41, 5.74) is 5.31. The van der Waals surface area contributed by atoms with E-state index >= 15 is 0 Å². The minimum absolute atomic E-state index is 0.158. The molecule has 4 rings (SSSR count). The van der Waals surface area contributed by atoms with E-state index in [0.29, 0.717) is 49.0 Å². The maximum absolute atomic E-state index is 12.9. The monoisotopic (exact) mass is 671 g/mol. The number of thiazole rings is 1. The van der Waals surface area contributed by atoms with Crippen LogP contribution in [-0.2, 0) is 17.9 Å². The van der Waals surface area contributed by atoms with Crippen LogP contribution in [0.25, 0.3) is 0 Å². The first-order valence-electron chi connectivity index (χ1n) is 16.2. The van der Waals surface area contributed by atoms with Gasteiger partial charge in [-0.3, -0.25) is 19.3 Å². The van der Waals surface area contributed by atoms with Gasteiger partial charge < -0.3 is 20.3 Å². The SMILES string of the molecule is Cc1ccccc1.Cc1csc(CN(C)C(=O)c2cccc(C(=O)NCCCNCc3cc(OC(=O)CN(C)C)cc(C(C)C)c3)c2)n1. The first-order valence-corrected chi connectivity index (χ1v) is 17.1. The lowest BCUT2D eigenvalue weighted by atomic mass is 10.0. The Bertz CT molecular complexity index is 1620. The van der Waals surface area contributed by atoms with Gasteiger partial charge in [0.15, 0.2) is 0 Å². The van der Waals surface area contributed by atoms with Gasteiger partial charge in [0.1, 0.15) is 10.8 Å². The molecule has 3 aromatic carbocycles. The fraction of sp³-hybridized carbons (Fsp3) is 0.368. The number of amides is 2. The van der Waals surface area contributed by atoms with Gasteiger partial charge in [0.25, 0.3) is 11.8 Å². The molecule has 256 valence electrons. The van der Waals surface area contributed by atoms with Gasteiger partial charge in [0, 0.05) is 42.3 Å². The molecule has 0 saturated carbocycles. The van der Waals surface area contributed by atoms with Crippen molar-refractivity contribution < 1.29 is 19.1 Å². The number of likely N-dealkylation sites (N-methyl/N-ethyl adjacent to an activating group) is 1. The van der Waals surface area contributed by atoms with Gasteiger partial charge >= 0.3 is 5.97 Å². The van der Waals surface area contributed by atoms with Crippen molar-refractivity contribution in [3.8, 4) is 5.75 Å². The highest BCUT2D eigenvalue weighted by molar-refractivity contribution is 7.09. The first kappa shape index (κ1) is 38.1. The first-order chi connectivity index (χ1) is 22.9. The van der Waals surface area contributed by atoms with Crippen molar-refractivity contribution in [3.05, 3.63) is 117 Å². The van der Waals surface area contributed by atoms with Crippen molar-refractivity contribution >= 4 is 29.1 Å². The summed E-state index contributed by atoms with van der Waals surface area (Å²) in [6.45, 7) is 10.7. The molecule has 2 amide bonds. The maximum Gasteiger partial charge on any atom is 0.325 e. The zero-order valence-electron chi connectivity index (χ0n) is 29.2. The average Bonchev–Trinajstić information content (AvgIpc) is 3.46. The molecule has 48 heavy (non-hydrogen) atoms. The second-order valence-corrected chi connectivity index (χ2v) is 13.3. The molecule has 0 fully saturated rings. The van der Waals surface area contributed by atoms with Gasteiger partial charge in [-0.25, -0.2) is 4.98 Å². The number of rotatable bonds is 14. The van der Waals surface area contributed by atoms with Crippen LogP contribution in [-0.4, -0.2) is 73.3 Å². The molecule has 0 saturated heterocycles. The van der Waals surface area contributed by atoms with Crippen molar-refractivity contribution in [2.75, 3.05) is 40.8 Å². The molecule has 2 N–H and O–H groups in total. The van der Waals surface area contributed by atoms with Crippen LogP contribution in [0, 0.1) is 13.8 Å². The molecule has 0 atom stereocenters. The van der Waals surface area contributed by atoms with Crippen LogP contribution in [0.5, 0.6) is 5.75 Å². The summed E-state index contributed by atoms with van der Waals surface area (Å²) in [7, 11) is 5.39. The van der Waals surface area contributed by atoms with Crippen molar-refractivity contribution in [2.45, 2.75) is 53.1 Å². The van der Waals surface area contributed by atoms with E-state index in [1.165, 1.54) is 16.9 Å². The van der Waals surface area contributed by atoms with Crippen LogP contribution >= 0.6 is 11.3 Å². The second-order valence-electron chi connectivity index (χ2n) is 12.3. The largest absolute Gasteiger partial charge is 0.426 e. The number of hydrogen-bond donors (Lipinski definition) is 2. The van der Waals surface area contributed by atoms with E-state index in [0.717, 1.165) is 28.2 Å². The molecule has 0 unspecified atom stereocenters. The molecule has 0 spiro atoms. The summed E-state index contributed by atoms with van der Waals surface area (Å²) in [6, 6.07) is 23.0. The third-order valence-electron chi connectivity index (χ3n) is 7.18. The fourth-order valence-electron chi connectivity index (χ4n) is 4.65. The third-order valence-corrected chi connectivity index (χ3v) is 8.13. The van der Waals surface area contributed by atoms with Gasteiger partial charge in [0.05, 0.1) is 13.1 Å². The zero-order chi connectivity index (χ0) is 35.1. The second kappa shape index (κ2) is 19.4. The molecule has 0 aliphatic rings. The number of carbonyl (C=O) groups is 3. The molecule has 0 aliphatic carbocycles. The standard InChI is InChI=1S/C31H41N5O4S.C7H8/c1-21(2)26-13-23(14-27(16-26)40-29(37)19-35(4)5)17-32-11-8-12-33-30(38)24-9-7-10-25(15-24)31(39)36(6)18-28-34-22(3)20-41-28;1-7-5-3-2-4-6-7/h7,9-10,13-16,20-21,32H,8,11-12,17-19H2,1-6H3,(H,33,38);2-6H,1H3. The normalized spacial score (nSPS) is 10.8. The Kier molecular flexibility index (Phi) is 15.4. The highest BCUT2D eigenvalue weighted by atomic mass is 32.1. The molecule has 4 aromatic rings. The van der Waals surface area contributed by atoms with Crippen LogP contribution < -0.4 is 15.4 Å². The fourth-order valence-corrected chi connectivity index (χ4v) is 5.47. The Morgan fingerprint density at radius 2 is 1.62 bits per heavy atom. The van der Waals surface area contributed by atoms with Gasteiger partial charge in [-0.15, -0.1) is 11.3 Å². The minimum atomic E-state index is -0.293. The molecule has 0 radical (unpaired) electrons. The van der Waals surface area contributed by atoms with E-state index in [1.807, 2.05) is 56.7 Å². The summed E-state index contributed by atoms with van der Waals surface area (Å²) in [5, 5.41) is 9.16. The van der Waals surface area contributed by atoms with Crippen LogP contribution in [0.15, 0.2) is 78.2 Å². The third kappa shape index (κ3) is 13.4. The van der Waals surface area contributed by atoms with Crippen molar-refractivity contribution in [2.24, 2.45) is 0 Å². The number of ether oxygens (including phenoxy) is 1. The number of nitrogens with one attached hydrogen (secondary N) is 2. The number of carbonyl (C=O) groups excluding carboxylic acids is 3. The molecular formula is C38H49N5O4S. The van der Waals surface area contributed by atoms with Gasteiger partial charge in [-0.05, 0) is 88.3 Å². The molecule has 0 bridgehead atoms. The Labute approximate surface area is 289 Å². The van der Waals surface area contributed by atoms with E-state index in [4.69, 9.17) is 4.74 Å². The van der Waals surface area contributed by atoms with E-state index < -0.39 is 0 Å². The molecule has 9 nitrogen and oxygen atoms in total. The average molecular weight is 672 g/mol. The summed E-state index contributed by atoms with van der Waals surface area (Å²) >= 11 is 1.52. The van der Waals surface area contributed by atoms with Crippen molar-refractivity contribution in [1.82, 2.24) is 25.4 Å². The van der Waals surface area contributed by atoms with Gasteiger partial charge in [-0.2, -0.15) is 0 Å². The molecule has 1 heterocycles. The highest BCUT2D eigenvalue weighted by Gasteiger charge is 2.16. The van der Waals surface area contributed by atoms with Crippen LogP contribution in [0.3, 0.4) is 0 Å². The summed E-state index contributed by atoms with van der Waals surface area (Å²) in [6.07, 6.45) is 0.731. The Balaban J connectivity index is 0.000000789. The van der Waals surface area contributed by atoms with E-state index in [9.17, 15) is 14.4 Å². The van der Waals surface area contributed by atoms with Crippen LogP contribution in [0.4, 0.5) is 0 Å². The van der Waals surface area contributed by atoms with Gasteiger partial charge in [-0.1, -0.05) is 61.9 Å². The maximum atomic E-state index is 12.9. The van der Waals surface area contributed by atoms with Crippen LogP contribution in [0.2, 0.25) is 0 Å². The highest BCUT2D eigenvalue weighted by Crippen LogP contribution is 2.23. The van der Waals surface area contributed by atoms with Crippen molar-refractivity contribution in [1.29, 1.82) is 0 Å². The molecule has 10 heteroatoms. The predicted molar refractivity (Wildman–Crippen MR) is 194 cm³/mol. The lowest BCUT2D eigenvalue weighted by Crippen LogP contribution is -2.28. The minimum Gasteiger partial charge on any atom is -0.426 e. The van der Waals surface area contributed by atoms with Gasteiger partial charge in [0.2, 0.25) is 0 Å². The van der Waals surface area contributed by atoms with Crippen molar-refractivity contribution in [3.63, 3.8) is 0 Å². The topological polar surface area (TPSA) is 104 Å². The number of esters is 1. The number of benzene rings is 3. The van der Waals surface area contributed by atoms with E-state index in [2.05, 4.69) is 54.6 Å². The summed E-state index contributed by atoms with van der Waals surface area (Å²) in [4.78, 5) is 45.5. The Morgan fingerprint density at radius 1 is 0.896 bits per heavy atom. The summed E-state index contributed by atoms with van der Waals surface area (Å²) < 4.78 is 5.55. The Hall–Kier alpha value is -4.38. The Morgan fingerprint density at radius 3 is 2.25 bits per heavy atom.